The number of amides is 2. The summed E-state index contributed by atoms with van der Waals surface area (Å²) in [6.07, 6.45) is 2.94. The second kappa shape index (κ2) is 10.1. The molecule has 0 bridgehead atoms. The fraction of sp³-hybridized carbons (Fsp3) is 0.185. The predicted octanol–water partition coefficient (Wildman–Crippen LogP) is 4.96. The van der Waals surface area contributed by atoms with E-state index in [1.165, 1.54) is 0 Å². The van der Waals surface area contributed by atoms with Crippen LogP contribution in [-0.4, -0.2) is 36.1 Å². The van der Waals surface area contributed by atoms with Crippen LogP contribution < -0.4 is 20.1 Å². The molecule has 1 atom stereocenters. The summed E-state index contributed by atoms with van der Waals surface area (Å²) in [4.78, 5) is 29.7. The Morgan fingerprint density at radius 2 is 1.74 bits per heavy atom. The molecule has 2 amide bonds. The smallest absolute Gasteiger partial charge is 0.253 e. The zero-order chi connectivity index (χ0) is 24.2. The average molecular weight is 490 g/mol. The number of nitrogens with one attached hydrogen (secondary N) is 3. The molecule has 0 spiro atoms. The summed E-state index contributed by atoms with van der Waals surface area (Å²) in [7, 11) is 0. The van der Waals surface area contributed by atoms with Gasteiger partial charge < -0.3 is 25.1 Å². The molecule has 7 nitrogen and oxygen atoms in total. The van der Waals surface area contributed by atoms with Crippen LogP contribution in [0.3, 0.4) is 0 Å². The summed E-state index contributed by atoms with van der Waals surface area (Å²) in [6, 6.07) is 19.0. The lowest BCUT2D eigenvalue weighted by atomic mass is 10.0. The van der Waals surface area contributed by atoms with E-state index in [1.54, 1.807) is 42.5 Å². The van der Waals surface area contributed by atoms with Crippen molar-refractivity contribution in [2.75, 3.05) is 18.5 Å². The highest BCUT2D eigenvalue weighted by Crippen LogP contribution is 2.32. The third-order valence-electron chi connectivity index (χ3n) is 5.85. The van der Waals surface area contributed by atoms with E-state index in [-0.39, 0.29) is 12.3 Å². The third-order valence-corrected chi connectivity index (χ3v) is 6.18. The van der Waals surface area contributed by atoms with Gasteiger partial charge in [-0.15, -0.1) is 0 Å². The van der Waals surface area contributed by atoms with Crippen LogP contribution >= 0.6 is 11.6 Å². The van der Waals surface area contributed by atoms with Crippen molar-refractivity contribution in [1.29, 1.82) is 0 Å². The number of hydrogen-bond acceptors (Lipinski definition) is 4. The molecule has 178 valence electrons. The summed E-state index contributed by atoms with van der Waals surface area (Å²) in [5, 5.41) is 7.09. The topological polar surface area (TPSA) is 92.5 Å². The van der Waals surface area contributed by atoms with Gasteiger partial charge in [-0.05, 0) is 35.9 Å². The number of benzene rings is 3. The Balaban J connectivity index is 1.41. The first-order chi connectivity index (χ1) is 17.1. The Kier molecular flexibility index (Phi) is 6.59. The number of anilines is 1. The second-order valence-corrected chi connectivity index (χ2v) is 8.68. The number of ether oxygens (including phenoxy) is 2. The molecule has 1 aromatic heterocycles. The zero-order valence-electron chi connectivity index (χ0n) is 18.8. The number of H-pyrrole nitrogens is 1. The third kappa shape index (κ3) is 5.10. The van der Waals surface area contributed by atoms with Gasteiger partial charge in [0, 0.05) is 41.7 Å². The first kappa shape index (κ1) is 22.8. The number of hydrogen-bond donors (Lipinski definition) is 3. The van der Waals surface area contributed by atoms with E-state index in [9.17, 15) is 9.59 Å². The number of para-hydroxylation sites is 1. The SMILES string of the molecule is O=C(N[C@@H](Cc1c[nH]c2ccccc12)C(=O)Nc1ccc2c(c1)OCCCO2)c1ccccc1Cl. The molecule has 0 radical (unpaired) electrons. The fourth-order valence-electron chi connectivity index (χ4n) is 4.08. The van der Waals surface area contributed by atoms with E-state index in [0.29, 0.717) is 41.0 Å². The maximum Gasteiger partial charge on any atom is 0.253 e. The summed E-state index contributed by atoms with van der Waals surface area (Å²) in [5.74, 6) is 0.441. The lowest BCUT2D eigenvalue weighted by Gasteiger charge is -2.19. The van der Waals surface area contributed by atoms with Gasteiger partial charge in [0.15, 0.2) is 11.5 Å². The van der Waals surface area contributed by atoms with Crippen LogP contribution in [0.25, 0.3) is 10.9 Å². The lowest BCUT2D eigenvalue weighted by Crippen LogP contribution is -2.45. The first-order valence-corrected chi connectivity index (χ1v) is 11.8. The number of carbonyl (C=O) groups excluding carboxylic acids is 2. The van der Waals surface area contributed by atoms with Crippen LogP contribution in [0.4, 0.5) is 5.69 Å². The molecule has 35 heavy (non-hydrogen) atoms. The highest BCUT2D eigenvalue weighted by atomic mass is 35.5. The Morgan fingerprint density at radius 1 is 0.971 bits per heavy atom. The Labute approximate surface area is 207 Å². The van der Waals surface area contributed by atoms with Gasteiger partial charge in [0.2, 0.25) is 5.91 Å². The van der Waals surface area contributed by atoms with E-state index < -0.39 is 11.9 Å². The van der Waals surface area contributed by atoms with Crippen LogP contribution in [0.1, 0.15) is 22.3 Å². The highest BCUT2D eigenvalue weighted by Gasteiger charge is 2.25. The second-order valence-electron chi connectivity index (χ2n) is 8.27. The predicted molar refractivity (Wildman–Crippen MR) is 135 cm³/mol. The summed E-state index contributed by atoms with van der Waals surface area (Å²) in [5.41, 5.74) is 2.73. The van der Waals surface area contributed by atoms with E-state index in [4.69, 9.17) is 21.1 Å². The average Bonchev–Trinajstić information content (AvgIpc) is 3.12. The van der Waals surface area contributed by atoms with Gasteiger partial charge in [0.05, 0.1) is 23.8 Å². The molecule has 3 aromatic carbocycles. The molecular weight excluding hydrogens is 466 g/mol. The van der Waals surface area contributed by atoms with Crippen molar-refractivity contribution >= 4 is 40.0 Å². The number of rotatable bonds is 6. The molecular formula is C27H24ClN3O4. The molecule has 1 aliphatic heterocycles. The minimum absolute atomic E-state index is 0.288. The largest absolute Gasteiger partial charge is 0.490 e. The summed E-state index contributed by atoms with van der Waals surface area (Å²) >= 11 is 6.22. The number of fused-ring (bicyclic) bond motifs is 2. The Hall–Kier alpha value is -3.97. The van der Waals surface area contributed by atoms with Crippen LogP contribution in [0.5, 0.6) is 11.5 Å². The van der Waals surface area contributed by atoms with Crippen molar-refractivity contribution in [2.24, 2.45) is 0 Å². The minimum atomic E-state index is -0.853. The van der Waals surface area contributed by atoms with Gasteiger partial charge in [-0.25, -0.2) is 0 Å². The van der Waals surface area contributed by atoms with Gasteiger partial charge in [-0.3, -0.25) is 9.59 Å². The van der Waals surface area contributed by atoms with Crippen molar-refractivity contribution in [3.05, 3.63) is 89.1 Å². The summed E-state index contributed by atoms with van der Waals surface area (Å²) < 4.78 is 11.4. The molecule has 0 saturated heterocycles. The monoisotopic (exact) mass is 489 g/mol. The van der Waals surface area contributed by atoms with Crippen molar-refractivity contribution in [1.82, 2.24) is 10.3 Å². The molecule has 0 unspecified atom stereocenters. The summed E-state index contributed by atoms with van der Waals surface area (Å²) in [6.45, 7) is 1.13. The van der Waals surface area contributed by atoms with Crippen molar-refractivity contribution in [3.8, 4) is 11.5 Å². The molecule has 0 fully saturated rings. The van der Waals surface area contributed by atoms with Crippen molar-refractivity contribution in [3.63, 3.8) is 0 Å². The molecule has 1 aliphatic rings. The van der Waals surface area contributed by atoms with E-state index >= 15 is 0 Å². The lowest BCUT2D eigenvalue weighted by molar-refractivity contribution is -0.118. The van der Waals surface area contributed by atoms with Crippen molar-refractivity contribution < 1.29 is 19.1 Å². The van der Waals surface area contributed by atoms with Crippen LogP contribution in [0.2, 0.25) is 5.02 Å². The van der Waals surface area contributed by atoms with Crippen LogP contribution in [0, 0.1) is 0 Å². The molecule has 4 aromatic rings. The van der Waals surface area contributed by atoms with Gasteiger partial charge in [0.1, 0.15) is 6.04 Å². The number of carbonyl (C=O) groups is 2. The van der Waals surface area contributed by atoms with Gasteiger partial charge in [0.25, 0.3) is 5.91 Å². The van der Waals surface area contributed by atoms with E-state index in [0.717, 1.165) is 22.9 Å². The molecule has 0 aliphatic carbocycles. The van der Waals surface area contributed by atoms with E-state index in [2.05, 4.69) is 15.6 Å². The molecule has 8 heteroatoms. The number of aromatic nitrogens is 1. The Morgan fingerprint density at radius 3 is 2.60 bits per heavy atom. The maximum absolute atomic E-state index is 13.4. The molecule has 3 N–H and O–H groups in total. The first-order valence-electron chi connectivity index (χ1n) is 11.4. The van der Waals surface area contributed by atoms with Gasteiger partial charge >= 0.3 is 0 Å². The zero-order valence-corrected chi connectivity index (χ0v) is 19.6. The van der Waals surface area contributed by atoms with Gasteiger partial charge in [-0.1, -0.05) is 41.9 Å². The standard InChI is InChI=1S/C27H24ClN3O4/c28-21-8-3-1-7-20(21)26(32)31-23(14-17-16-29-22-9-4-2-6-19(17)22)27(33)30-18-10-11-24-25(15-18)35-13-5-12-34-24/h1-4,6-11,15-16,23,29H,5,12-14H2,(H,30,33)(H,31,32)/t23-/m0/s1. The highest BCUT2D eigenvalue weighted by molar-refractivity contribution is 6.33. The maximum atomic E-state index is 13.4. The molecule has 5 rings (SSSR count). The number of halogens is 1. The van der Waals surface area contributed by atoms with Gasteiger partial charge in [-0.2, -0.15) is 0 Å². The molecule has 2 heterocycles. The minimum Gasteiger partial charge on any atom is -0.490 e. The van der Waals surface area contributed by atoms with Crippen molar-refractivity contribution in [2.45, 2.75) is 18.9 Å². The Bertz CT molecular complexity index is 1380. The fourth-order valence-corrected chi connectivity index (χ4v) is 4.30. The van der Waals surface area contributed by atoms with Crippen LogP contribution in [0.15, 0.2) is 72.9 Å². The van der Waals surface area contributed by atoms with E-state index in [1.807, 2.05) is 30.5 Å². The quantitative estimate of drug-likeness (QED) is 0.357. The number of aromatic amines is 1. The normalized spacial score (nSPS) is 13.6. The van der Waals surface area contributed by atoms with Crippen LogP contribution in [-0.2, 0) is 11.2 Å². The molecule has 0 saturated carbocycles.